The van der Waals surface area contributed by atoms with Crippen molar-refractivity contribution in [3.05, 3.63) is 54.4 Å². The average Bonchev–Trinajstić information content (AvgIpc) is 3.44. The highest BCUT2D eigenvalue weighted by molar-refractivity contribution is 5.85. The van der Waals surface area contributed by atoms with Gasteiger partial charge in [0.1, 0.15) is 0 Å². The van der Waals surface area contributed by atoms with Crippen molar-refractivity contribution >= 4 is 11.8 Å². The average molecular weight is 366 g/mol. The molecule has 0 unspecified atom stereocenters. The lowest BCUT2D eigenvalue weighted by atomic mass is 10.0. The summed E-state index contributed by atoms with van der Waals surface area (Å²) in [6, 6.07) is 11.6. The largest absolute Gasteiger partial charge is 0.351 e. The van der Waals surface area contributed by atoms with Gasteiger partial charge in [-0.05, 0) is 11.6 Å². The first-order valence-corrected chi connectivity index (χ1v) is 9.47. The van der Waals surface area contributed by atoms with Gasteiger partial charge in [-0.3, -0.25) is 14.3 Å². The Balaban J connectivity index is 1.35. The zero-order valence-electron chi connectivity index (χ0n) is 15.0. The SMILES string of the molecule is O=C(CCn1cccn1)N1CC[C@@]23OC[C@@H](c4ccccc4)N2C(=O)C[C@@H]13. The molecule has 0 radical (unpaired) electrons. The van der Waals surface area contributed by atoms with Crippen LogP contribution in [0.3, 0.4) is 0 Å². The topological polar surface area (TPSA) is 67.7 Å². The van der Waals surface area contributed by atoms with E-state index in [9.17, 15) is 9.59 Å². The molecule has 27 heavy (non-hydrogen) atoms. The smallest absolute Gasteiger partial charge is 0.227 e. The van der Waals surface area contributed by atoms with Gasteiger partial charge in [0.05, 0.1) is 25.1 Å². The fourth-order valence-electron chi connectivity index (χ4n) is 4.85. The standard InChI is InChI=1S/C20H22N4O3/c25-18(7-11-22-10-4-9-21-22)23-12-8-20-17(23)13-19(26)24(20)16(14-27-20)15-5-2-1-3-6-15/h1-6,9-10,16-17H,7-8,11-14H2/t16-,17+,20-/m0/s1. The molecule has 2 aromatic rings. The molecule has 5 rings (SSSR count). The van der Waals surface area contributed by atoms with Crippen LogP contribution in [0.2, 0.25) is 0 Å². The van der Waals surface area contributed by atoms with Crippen LogP contribution < -0.4 is 0 Å². The highest BCUT2D eigenvalue weighted by Gasteiger charge is 2.65. The van der Waals surface area contributed by atoms with E-state index in [4.69, 9.17) is 4.74 Å². The predicted molar refractivity (Wildman–Crippen MR) is 96.3 cm³/mol. The Hall–Kier alpha value is -2.67. The van der Waals surface area contributed by atoms with Gasteiger partial charge in [0.25, 0.3) is 0 Å². The summed E-state index contributed by atoms with van der Waals surface area (Å²) in [6.45, 7) is 1.67. The van der Waals surface area contributed by atoms with Crippen LogP contribution in [0.15, 0.2) is 48.8 Å². The third-order valence-corrected chi connectivity index (χ3v) is 6.07. The molecule has 7 heteroatoms. The number of carbonyl (C=O) groups is 2. The van der Waals surface area contributed by atoms with E-state index in [0.717, 1.165) is 5.56 Å². The van der Waals surface area contributed by atoms with Gasteiger partial charge in [-0.1, -0.05) is 30.3 Å². The number of amides is 2. The summed E-state index contributed by atoms with van der Waals surface area (Å²) in [5.41, 5.74) is 0.436. The van der Waals surface area contributed by atoms with Crippen LogP contribution in [0.1, 0.15) is 30.9 Å². The molecule has 0 saturated carbocycles. The van der Waals surface area contributed by atoms with E-state index >= 15 is 0 Å². The number of hydrogen-bond acceptors (Lipinski definition) is 4. The van der Waals surface area contributed by atoms with Crippen molar-refractivity contribution in [1.82, 2.24) is 19.6 Å². The summed E-state index contributed by atoms with van der Waals surface area (Å²) in [5.74, 6) is 0.143. The molecular weight excluding hydrogens is 344 g/mol. The van der Waals surface area contributed by atoms with Crippen molar-refractivity contribution in [2.75, 3.05) is 13.2 Å². The van der Waals surface area contributed by atoms with Gasteiger partial charge in [0.15, 0.2) is 5.72 Å². The first-order chi connectivity index (χ1) is 13.2. The molecule has 140 valence electrons. The molecule has 3 saturated heterocycles. The van der Waals surface area contributed by atoms with E-state index in [1.165, 1.54) is 0 Å². The Labute approximate surface area is 157 Å². The first-order valence-electron chi connectivity index (χ1n) is 9.47. The van der Waals surface area contributed by atoms with Gasteiger partial charge in [0, 0.05) is 38.3 Å². The molecule has 1 aromatic heterocycles. The Morgan fingerprint density at radius 2 is 2.11 bits per heavy atom. The molecular formula is C20H22N4O3. The molecule has 3 fully saturated rings. The van der Waals surface area contributed by atoms with Gasteiger partial charge in [-0.15, -0.1) is 0 Å². The van der Waals surface area contributed by atoms with Crippen LogP contribution in [0, 0.1) is 0 Å². The summed E-state index contributed by atoms with van der Waals surface area (Å²) < 4.78 is 8.01. The number of hydrogen-bond donors (Lipinski definition) is 0. The maximum Gasteiger partial charge on any atom is 0.227 e. The summed E-state index contributed by atoms with van der Waals surface area (Å²) in [6.07, 6.45) is 4.96. The lowest BCUT2D eigenvalue weighted by Gasteiger charge is -2.33. The van der Waals surface area contributed by atoms with Crippen LogP contribution >= 0.6 is 0 Å². The van der Waals surface area contributed by atoms with E-state index < -0.39 is 5.72 Å². The number of aryl methyl sites for hydroxylation is 1. The lowest BCUT2D eigenvalue weighted by Crippen LogP contribution is -2.49. The molecule has 3 atom stereocenters. The zero-order chi connectivity index (χ0) is 18.4. The zero-order valence-corrected chi connectivity index (χ0v) is 15.0. The van der Waals surface area contributed by atoms with Gasteiger partial charge < -0.3 is 14.5 Å². The maximum absolute atomic E-state index is 12.9. The van der Waals surface area contributed by atoms with Crippen molar-refractivity contribution in [2.45, 2.75) is 43.6 Å². The molecule has 0 aliphatic carbocycles. The minimum atomic E-state index is -0.654. The van der Waals surface area contributed by atoms with E-state index in [0.29, 0.717) is 39.0 Å². The molecule has 2 amide bonds. The highest BCUT2D eigenvalue weighted by Crippen LogP contribution is 2.51. The second-order valence-electron chi connectivity index (χ2n) is 7.42. The number of aromatic nitrogens is 2. The minimum absolute atomic E-state index is 0.0637. The summed E-state index contributed by atoms with van der Waals surface area (Å²) in [5, 5.41) is 4.15. The fourth-order valence-corrected chi connectivity index (χ4v) is 4.85. The second-order valence-corrected chi connectivity index (χ2v) is 7.42. The van der Waals surface area contributed by atoms with Gasteiger partial charge in [0.2, 0.25) is 11.8 Å². The molecule has 0 N–H and O–H groups in total. The lowest BCUT2D eigenvalue weighted by molar-refractivity contribution is -0.141. The van der Waals surface area contributed by atoms with Crippen LogP contribution in [-0.4, -0.2) is 56.3 Å². The fraction of sp³-hybridized carbons (Fsp3) is 0.450. The number of benzene rings is 1. The molecule has 4 heterocycles. The number of nitrogens with zero attached hydrogens (tertiary/aromatic N) is 4. The van der Waals surface area contributed by atoms with E-state index in [1.807, 2.05) is 52.4 Å². The van der Waals surface area contributed by atoms with Crippen molar-refractivity contribution < 1.29 is 14.3 Å². The van der Waals surface area contributed by atoms with Crippen molar-refractivity contribution in [1.29, 1.82) is 0 Å². The Morgan fingerprint density at radius 1 is 1.26 bits per heavy atom. The van der Waals surface area contributed by atoms with Gasteiger partial charge in [-0.2, -0.15) is 5.10 Å². The Bertz CT molecular complexity index is 853. The Morgan fingerprint density at radius 3 is 2.89 bits per heavy atom. The predicted octanol–water partition coefficient (Wildman–Crippen LogP) is 1.57. The monoisotopic (exact) mass is 366 g/mol. The number of ether oxygens (including phenoxy) is 1. The Kier molecular flexibility index (Phi) is 3.79. The van der Waals surface area contributed by atoms with Crippen molar-refractivity contribution in [3.63, 3.8) is 0 Å². The molecule has 3 aliphatic rings. The summed E-state index contributed by atoms with van der Waals surface area (Å²) in [4.78, 5) is 29.4. The number of carbonyl (C=O) groups excluding carboxylic acids is 2. The quantitative estimate of drug-likeness (QED) is 0.824. The number of rotatable bonds is 4. The molecule has 1 spiro atoms. The van der Waals surface area contributed by atoms with E-state index in [1.54, 1.807) is 10.9 Å². The minimum Gasteiger partial charge on any atom is -0.351 e. The van der Waals surface area contributed by atoms with E-state index in [2.05, 4.69) is 5.10 Å². The molecule has 0 bridgehead atoms. The third kappa shape index (κ3) is 2.49. The normalized spacial score (nSPS) is 29.3. The van der Waals surface area contributed by atoms with Crippen molar-refractivity contribution in [3.8, 4) is 0 Å². The molecule has 7 nitrogen and oxygen atoms in total. The molecule has 1 aromatic carbocycles. The van der Waals surface area contributed by atoms with Crippen LogP contribution in [0.4, 0.5) is 0 Å². The number of likely N-dealkylation sites (tertiary alicyclic amines) is 1. The van der Waals surface area contributed by atoms with Crippen LogP contribution in [0.25, 0.3) is 0 Å². The van der Waals surface area contributed by atoms with Gasteiger partial charge >= 0.3 is 0 Å². The van der Waals surface area contributed by atoms with Crippen LogP contribution in [-0.2, 0) is 20.9 Å². The van der Waals surface area contributed by atoms with Crippen LogP contribution in [0.5, 0.6) is 0 Å². The van der Waals surface area contributed by atoms with Crippen molar-refractivity contribution in [2.24, 2.45) is 0 Å². The summed E-state index contributed by atoms with van der Waals surface area (Å²) in [7, 11) is 0. The highest BCUT2D eigenvalue weighted by atomic mass is 16.5. The first kappa shape index (κ1) is 16.5. The van der Waals surface area contributed by atoms with E-state index in [-0.39, 0.29) is 23.9 Å². The molecule has 3 aliphatic heterocycles. The summed E-state index contributed by atoms with van der Waals surface area (Å²) >= 11 is 0. The van der Waals surface area contributed by atoms with Gasteiger partial charge in [-0.25, -0.2) is 0 Å². The maximum atomic E-state index is 12.9. The second kappa shape index (κ2) is 6.20. The third-order valence-electron chi connectivity index (χ3n) is 6.07.